The Hall–Kier alpha value is -2.41. The van der Waals surface area contributed by atoms with E-state index in [1.54, 1.807) is 25.4 Å². The molecule has 25 heavy (non-hydrogen) atoms. The van der Waals surface area contributed by atoms with Crippen LogP contribution in [0.5, 0.6) is 0 Å². The molecule has 7 heteroatoms. The van der Waals surface area contributed by atoms with Crippen molar-refractivity contribution in [2.75, 3.05) is 30.5 Å². The van der Waals surface area contributed by atoms with Crippen LogP contribution in [0, 0.1) is 0 Å². The third-order valence-corrected chi connectivity index (χ3v) is 6.31. The normalized spacial score (nSPS) is 18.7. The highest BCUT2D eigenvalue weighted by atomic mass is 32.2. The SMILES string of the molecule is CN(c1ccccc1)c1cc(C(=O)N(C)C2CCS(=O)(=O)C2)ccn1. The zero-order valence-electron chi connectivity index (χ0n) is 14.3. The van der Waals surface area contributed by atoms with Crippen LogP contribution in [0.4, 0.5) is 11.5 Å². The molecule has 1 aliphatic heterocycles. The van der Waals surface area contributed by atoms with Gasteiger partial charge in [-0.2, -0.15) is 0 Å². The third-order valence-electron chi connectivity index (χ3n) is 4.56. The van der Waals surface area contributed by atoms with E-state index >= 15 is 0 Å². The van der Waals surface area contributed by atoms with Crippen LogP contribution in [0.25, 0.3) is 0 Å². The van der Waals surface area contributed by atoms with Gasteiger partial charge in [-0.1, -0.05) is 18.2 Å². The van der Waals surface area contributed by atoms with Crippen molar-refractivity contribution < 1.29 is 13.2 Å². The number of aromatic nitrogens is 1. The van der Waals surface area contributed by atoms with E-state index in [-0.39, 0.29) is 23.5 Å². The lowest BCUT2D eigenvalue weighted by atomic mass is 10.1. The van der Waals surface area contributed by atoms with Gasteiger partial charge < -0.3 is 9.80 Å². The molecule has 0 saturated carbocycles. The number of benzene rings is 1. The van der Waals surface area contributed by atoms with Crippen molar-refractivity contribution in [2.24, 2.45) is 0 Å². The number of anilines is 2. The van der Waals surface area contributed by atoms with E-state index in [1.165, 1.54) is 4.90 Å². The number of sulfone groups is 1. The summed E-state index contributed by atoms with van der Waals surface area (Å²) in [6.45, 7) is 0. The largest absolute Gasteiger partial charge is 0.338 e. The van der Waals surface area contributed by atoms with Gasteiger partial charge in [-0.3, -0.25) is 4.79 Å². The molecule has 0 N–H and O–H groups in total. The molecule has 0 bridgehead atoms. The third kappa shape index (κ3) is 3.82. The Balaban J connectivity index is 1.80. The van der Waals surface area contributed by atoms with Gasteiger partial charge in [0.2, 0.25) is 0 Å². The number of rotatable bonds is 4. The first-order valence-electron chi connectivity index (χ1n) is 8.10. The molecule has 2 heterocycles. The van der Waals surface area contributed by atoms with E-state index in [4.69, 9.17) is 0 Å². The van der Waals surface area contributed by atoms with Crippen molar-refractivity contribution in [3.8, 4) is 0 Å². The minimum atomic E-state index is -3.03. The van der Waals surface area contributed by atoms with Crippen LogP contribution >= 0.6 is 0 Å². The van der Waals surface area contributed by atoms with Gasteiger partial charge in [0.1, 0.15) is 5.82 Å². The van der Waals surface area contributed by atoms with Gasteiger partial charge in [-0.05, 0) is 30.7 Å². The molecule has 1 amide bonds. The molecule has 3 rings (SSSR count). The van der Waals surface area contributed by atoms with Crippen LogP contribution < -0.4 is 4.90 Å². The Morgan fingerprint density at radius 3 is 2.52 bits per heavy atom. The molecule has 6 nitrogen and oxygen atoms in total. The number of nitrogens with zero attached hydrogens (tertiary/aromatic N) is 3. The number of amides is 1. The summed E-state index contributed by atoms with van der Waals surface area (Å²) in [5.41, 5.74) is 1.47. The summed E-state index contributed by atoms with van der Waals surface area (Å²) < 4.78 is 23.3. The maximum atomic E-state index is 12.7. The molecule has 1 aromatic carbocycles. The second-order valence-electron chi connectivity index (χ2n) is 6.27. The second-order valence-corrected chi connectivity index (χ2v) is 8.50. The smallest absolute Gasteiger partial charge is 0.254 e. The lowest BCUT2D eigenvalue weighted by Gasteiger charge is -2.24. The van der Waals surface area contributed by atoms with Gasteiger partial charge in [0.05, 0.1) is 11.5 Å². The molecular formula is C18H21N3O3S. The van der Waals surface area contributed by atoms with Crippen LogP contribution in [-0.2, 0) is 9.84 Å². The number of hydrogen-bond donors (Lipinski definition) is 0. The quantitative estimate of drug-likeness (QED) is 0.836. The first-order valence-corrected chi connectivity index (χ1v) is 9.92. The van der Waals surface area contributed by atoms with E-state index in [1.807, 2.05) is 42.3 Å². The monoisotopic (exact) mass is 359 g/mol. The molecule has 1 aliphatic rings. The van der Waals surface area contributed by atoms with Gasteiger partial charge >= 0.3 is 0 Å². The molecule has 1 aromatic heterocycles. The summed E-state index contributed by atoms with van der Waals surface area (Å²) >= 11 is 0. The van der Waals surface area contributed by atoms with Gasteiger partial charge in [0.25, 0.3) is 5.91 Å². The zero-order chi connectivity index (χ0) is 18.0. The molecule has 1 saturated heterocycles. The molecule has 132 valence electrons. The molecule has 0 radical (unpaired) electrons. The van der Waals surface area contributed by atoms with Crippen LogP contribution in [0.15, 0.2) is 48.7 Å². The van der Waals surface area contributed by atoms with Crippen molar-refractivity contribution in [3.63, 3.8) is 0 Å². The fourth-order valence-electron chi connectivity index (χ4n) is 2.97. The molecular weight excluding hydrogens is 338 g/mol. The highest BCUT2D eigenvalue weighted by Crippen LogP contribution is 2.23. The molecule has 1 atom stereocenters. The zero-order valence-corrected chi connectivity index (χ0v) is 15.1. The van der Waals surface area contributed by atoms with Crippen molar-refractivity contribution in [3.05, 3.63) is 54.2 Å². The number of carbonyl (C=O) groups excluding carboxylic acids is 1. The average Bonchev–Trinajstić information content (AvgIpc) is 3.00. The minimum Gasteiger partial charge on any atom is -0.338 e. The molecule has 2 aromatic rings. The minimum absolute atomic E-state index is 0.0388. The first kappa shape index (κ1) is 17.4. The average molecular weight is 359 g/mol. The Morgan fingerprint density at radius 1 is 1.16 bits per heavy atom. The predicted octanol–water partition coefficient (Wildman–Crippen LogP) is 2.11. The van der Waals surface area contributed by atoms with E-state index < -0.39 is 9.84 Å². The predicted molar refractivity (Wildman–Crippen MR) is 97.9 cm³/mol. The number of hydrogen-bond acceptors (Lipinski definition) is 5. The first-order chi connectivity index (χ1) is 11.9. The summed E-state index contributed by atoms with van der Waals surface area (Å²) in [7, 11) is 0.521. The fraction of sp³-hybridized carbons (Fsp3) is 0.333. The lowest BCUT2D eigenvalue weighted by Crippen LogP contribution is -2.37. The lowest BCUT2D eigenvalue weighted by molar-refractivity contribution is 0.0747. The van der Waals surface area contributed by atoms with Crippen LogP contribution in [-0.4, -0.2) is 55.9 Å². The number of pyridine rings is 1. The summed E-state index contributed by atoms with van der Waals surface area (Å²) in [4.78, 5) is 20.5. The van der Waals surface area contributed by atoms with Gasteiger partial charge in [0.15, 0.2) is 9.84 Å². The van der Waals surface area contributed by atoms with Gasteiger partial charge in [-0.15, -0.1) is 0 Å². The van der Waals surface area contributed by atoms with Crippen molar-refractivity contribution in [1.82, 2.24) is 9.88 Å². The number of carbonyl (C=O) groups is 1. The Bertz CT molecular complexity index is 868. The van der Waals surface area contributed by atoms with Gasteiger partial charge in [0, 0.05) is 37.6 Å². The highest BCUT2D eigenvalue weighted by molar-refractivity contribution is 7.91. The van der Waals surface area contributed by atoms with E-state index in [0.29, 0.717) is 17.8 Å². The summed E-state index contributed by atoms with van der Waals surface area (Å²) in [6.07, 6.45) is 2.09. The van der Waals surface area contributed by atoms with Crippen LogP contribution in [0.1, 0.15) is 16.8 Å². The Labute approximate surface area is 148 Å². The van der Waals surface area contributed by atoms with E-state index in [2.05, 4.69) is 4.98 Å². The molecule has 1 fully saturated rings. The van der Waals surface area contributed by atoms with Crippen molar-refractivity contribution >= 4 is 27.2 Å². The van der Waals surface area contributed by atoms with Crippen molar-refractivity contribution in [2.45, 2.75) is 12.5 Å². The maximum absolute atomic E-state index is 12.7. The summed E-state index contributed by atoms with van der Waals surface area (Å²) in [6, 6.07) is 12.9. The fourth-order valence-corrected chi connectivity index (χ4v) is 4.74. The topological polar surface area (TPSA) is 70.6 Å². The number of para-hydroxylation sites is 1. The molecule has 0 spiro atoms. The van der Waals surface area contributed by atoms with Crippen LogP contribution in [0.3, 0.4) is 0 Å². The highest BCUT2D eigenvalue weighted by Gasteiger charge is 2.33. The summed E-state index contributed by atoms with van der Waals surface area (Å²) in [5.74, 6) is 0.654. The Kier molecular flexibility index (Phi) is 4.76. The Morgan fingerprint density at radius 2 is 1.88 bits per heavy atom. The molecule has 0 aliphatic carbocycles. The molecule has 1 unspecified atom stereocenters. The summed E-state index contributed by atoms with van der Waals surface area (Å²) in [5, 5.41) is 0. The maximum Gasteiger partial charge on any atom is 0.254 e. The standard InChI is InChI=1S/C18H21N3O3S/c1-20(15-6-4-3-5-7-15)17-12-14(8-10-19-17)18(22)21(2)16-9-11-25(23,24)13-16/h3-8,10,12,16H,9,11,13H2,1-2H3. The van der Waals surface area contributed by atoms with Crippen LogP contribution in [0.2, 0.25) is 0 Å². The van der Waals surface area contributed by atoms with E-state index in [9.17, 15) is 13.2 Å². The second kappa shape index (κ2) is 6.84. The van der Waals surface area contributed by atoms with E-state index in [0.717, 1.165) is 5.69 Å². The van der Waals surface area contributed by atoms with Gasteiger partial charge in [-0.25, -0.2) is 13.4 Å². The van der Waals surface area contributed by atoms with Crippen molar-refractivity contribution in [1.29, 1.82) is 0 Å².